The minimum Gasteiger partial charge on any atom is -0.313 e. The number of hydrogen-bond acceptors (Lipinski definition) is 3. The van der Waals surface area contributed by atoms with E-state index in [9.17, 15) is 0 Å². The Kier molecular flexibility index (Phi) is 3.86. The molecule has 4 heteroatoms. The van der Waals surface area contributed by atoms with Crippen molar-refractivity contribution < 1.29 is 0 Å². The van der Waals surface area contributed by atoms with Gasteiger partial charge in [-0.1, -0.05) is 28.1 Å². The maximum absolute atomic E-state index is 4.53. The van der Waals surface area contributed by atoms with E-state index in [1.54, 1.807) is 0 Å². The predicted molar refractivity (Wildman–Crippen MR) is 72.7 cm³/mol. The van der Waals surface area contributed by atoms with Crippen molar-refractivity contribution in [1.29, 1.82) is 0 Å². The predicted octanol–water partition coefficient (Wildman–Crippen LogP) is 2.93. The third-order valence-corrected chi connectivity index (χ3v) is 2.90. The Morgan fingerprint density at radius 3 is 2.53 bits per heavy atom. The van der Waals surface area contributed by atoms with E-state index in [-0.39, 0.29) is 0 Å². The highest BCUT2D eigenvalue weighted by Crippen LogP contribution is 2.20. The van der Waals surface area contributed by atoms with Crippen LogP contribution in [-0.4, -0.2) is 17.0 Å². The fourth-order valence-corrected chi connectivity index (χ4v) is 1.90. The maximum Gasteiger partial charge on any atom is 0.143 e. The van der Waals surface area contributed by atoms with Crippen molar-refractivity contribution in [3.8, 4) is 11.3 Å². The van der Waals surface area contributed by atoms with Crippen LogP contribution in [0.2, 0.25) is 0 Å². The SMILES string of the molecule is CNCc1nc(C)cc(-c2ccc(Br)cc2)n1. The molecule has 0 aliphatic rings. The summed E-state index contributed by atoms with van der Waals surface area (Å²) in [7, 11) is 1.89. The lowest BCUT2D eigenvalue weighted by Gasteiger charge is -2.06. The summed E-state index contributed by atoms with van der Waals surface area (Å²) >= 11 is 3.43. The largest absolute Gasteiger partial charge is 0.313 e. The zero-order chi connectivity index (χ0) is 12.3. The molecule has 1 N–H and O–H groups in total. The Hall–Kier alpha value is -1.26. The number of aromatic nitrogens is 2. The molecule has 88 valence electrons. The standard InChI is InChI=1S/C13H14BrN3/c1-9-7-12(17-13(16-9)8-15-2)10-3-5-11(14)6-4-10/h3-7,15H,8H2,1-2H3. The molecule has 17 heavy (non-hydrogen) atoms. The summed E-state index contributed by atoms with van der Waals surface area (Å²) in [5.41, 5.74) is 3.06. The second kappa shape index (κ2) is 5.38. The zero-order valence-electron chi connectivity index (χ0n) is 9.87. The Balaban J connectivity index is 2.40. The second-order valence-electron chi connectivity index (χ2n) is 3.85. The first kappa shape index (κ1) is 12.2. The molecule has 0 aliphatic heterocycles. The molecule has 0 spiro atoms. The number of nitrogens with zero attached hydrogens (tertiary/aromatic N) is 2. The van der Waals surface area contributed by atoms with E-state index < -0.39 is 0 Å². The molecule has 2 rings (SSSR count). The van der Waals surface area contributed by atoms with Gasteiger partial charge in [0.2, 0.25) is 0 Å². The van der Waals surface area contributed by atoms with Gasteiger partial charge in [-0.15, -0.1) is 0 Å². The molecule has 0 bridgehead atoms. The summed E-state index contributed by atoms with van der Waals surface area (Å²) < 4.78 is 1.07. The van der Waals surface area contributed by atoms with Crippen molar-refractivity contribution in [3.63, 3.8) is 0 Å². The molecule has 3 nitrogen and oxygen atoms in total. The minimum absolute atomic E-state index is 0.686. The Bertz CT molecular complexity index is 509. The van der Waals surface area contributed by atoms with Gasteiger partial charge in [0, 0.05) is 15.7 Å². The number of halogens is 1. The molecule has 0 atom stereocenters. The van der Waals surface area contributed by atoms with E-state index in [0.717, 1.165) is 27.2 Å². The van der Waals surface area contributed by atoms with Crippen molar-refractivity contribution >= 4 is 15.9 Å². The molecule has 0 radical (unpaired) electrons. The molecule has 0 amide bonds. The monoisotopic (exact) mass is 291 g/mol. The minimum atomic E-state index is 0.686. The Labute approximate surface area is 109 Å². The fourth-order valence-electron chi connectivity index (χ4n) is 1.64. The average Bonchev–Trinajstić information content (AvgIpc) is 2.29. The summed E-state index contributed by atoms with van der Waals surface area (Å²) in [6.07, 6.45) is 0. The quantitative estimate of drug-likeness (QED) is 0.945. The van der Waals surface area contributed by atoms with E-state index in [2.05, 4.69) is 43.3 Å². The Morgan fingerprint density at radius 2 is 1.88 bits per heavy atom. The molecule has 0 fully saturated rings. The van der Waals surface area contributed by atoms with Crippen LogP contribution in [0.15, 0.2) is 34.8 Å². The van der Waals surface area contributed by atoms with E-state index in [0.29, 0.717) is 6.54 Å². The van der Waals surface area contributed by atoms with Gasteiger partial charge < -0.3 is 5.32 Å². The van der Waals surface area contributed by atoms with E-state index >= 15 is 0 Å². The highest BCUT2D eigenvalue weighted by Gasteiger charge is 2.04. The molecule has 0 saturated heterocycles. The number of aryl methyl sites for hydroxylation is 1. The van der Waals surface area contributed by atoms with Gasteiger partial charge in [0.05, 0.1) is 12.2 Å². The Morgan fingerprint density at radius 1 is 1.18 bits per heavy atom. The van der Waals surface area contributed by atoms with Gasteiger partial charge in [-0.05, 0) is 32.2 Å². The van der Waals surface area contributed by atoms with Crippen LogP contribution in [0.3, 0.4) is 0 Å². The lowest BCUT2D eigenvalue weighted by Crippen LogP contribution is -2.10. The van der Waals surface area contributed by atoms with Crippen molar-refractivity contribution in [2.75, 3.05) is 7.05 Å². The molecular formula is C13H14BrN3. The molecule has 1 heterocycles. The molecular weight excluding hydrogens is 278 g/mol. The zero-order valence-corrected chi connectivity index (χ0v) is 11.5. The first-order chi connectivity index (χ1) is 8.19. The average molecular weight is 292 g/mol. The maximum atomic E-state index is 4.53. The summed E-state index contributed by atoms with van der Waals surface area (Å²) in [6, 6.07) is 10.1. The fraction of sp³-hybridized carbons (Fsp3) is 0.231. The smallest absolute Gasteiger partial charge is 0.143 e. The van der Waals surface area contributed by atoms with Crippen LogP contribution in [0.1, 0.15) is 11.5 Å². The van der Waals surface area contributed by atoms with Crippen LogP contribution in [-0.2, 0) is 6.54 Å². The van der Waals surface area contributed by atoms with Crippen LogP contribution in [0.5, 0.6) is 0 Å². The number of rotatable bonds is 3. The van der Waals surface area contributed by atoms with Crippen LogP contribution in [0, 0.1) is 6.92 Å². The van der Waals surface area contributed by atoms with Crippen LogP contribution in [0.25, 0.3) is 11.3 Å². The van der Waals surface area contributed by atoms with E-state index in [1.807, 2.05) is 32.2 Å². The molecule has 0 aliphatic carbocycles. The van der Waals surface area contributed by atoms with Gasteiger partial charge in [-0.3, -0.25) is 0 Å². The number of benzene rings is 1. The van der Waals surface area contributed by atoms with Crippen LogP contribution >= 0.6 is 15.9 Å². The molecule has 1 aromatic carbocycles. The first-order valence-electron chi connectivity index (χ1n) is 5.44. The third-order valence-electron chi connectivity index (χ3n) is 2.38. The van der Waals surface area contributed by atoms with Gasteiger partial charge in [0.15, 0.2) is 0 Å². The molecule has 0 unspecified atom stereocenters. The third kappa shape index (κ3) is 3.11. The van der Waals surface area contributed by atoms with E-state index in [4.69, 9.17) is 0 Å². The first-order valence-corrected chi connectivity index (χ1v) is 6.23. The van der Waals surface area contributed by atoms with E-state index in [1.165, 1.54) is 0 Å². The molecule has 1 aromatic heterocycles. The number of hydrogen-bond donors (Lipinski definition) is 1. The molecule has 0 saturated carbocycles. The van der Waals surface area contributed by atoms with Crippen LogP contribution in [0.4, 0.5) is 0 Å². The van der Waals surface area contributed by atoms with Crippen LogP contribution < -0.4 is 5.32 Å². The number of nitrogens with one attached hydrogen (secondary N) is 1. The van der Waals surface area contributed by atoms with Gasteiger partial charge in [0.1, 0.15) is 5.82 Å². The highest BCUT2D eigenvalue weighted by molar-refractivity contribution is 9.10. The topological polar surface area (TPSA) is 37.8 Å². The lowest BCUT2D eigenvalue weighted by molar-refractivity contribution is 0.754. The van der Waals surface area contributed by atoms with Crippen molar-refractivity contribution in [2.24, 2.45) is 0 Å². The summed E-state index contributed by atoms with van der Waals surface area (Å²) in [6.45, 7) is 2.68. The lowest BCUT2D eigenvalue weighted by atomic mass is 10.1. The molecule has 2 aromatic rings. The van der Waals surface area contributed by atoms with Gasteiger partial charge >= 0.3 is 0 Å². The van der Waals surface area contributed by atoms with Gasteiger partial charge in [0.25, 0.3) is 0 Å². The van der Waals surface area contributed by atoms with Gasteiger partial charge in [-0.2, -0.15) is 0 Å². The normalized spacial score (nSPS) is 10.5. The van der Waals surface area contributed by atoms with Crippen molar-refractivity contribution in [2.45, 2.75) is 13.5 Å². The summed E-state index contributed by atoms with van der Waals surface area (Å²) in [5, 5.41) is 3.07. The van der Waals surface area contributed by atoms with Crippen molar-refractivity contribution in [3.05, 3.63) is 46.3 Å². The highest BCUT2D eigenvalue weighted by atomic mass is 79.9. The van der Waals surface area contributed by atoms with Gasteiger partial charge in [-0.25, -0.2) is 9.97 Å². The van der Waals surface area contributed by atoms with Crippen molar-refractivity contribution in [1.82, 2.24) is 15.3 Å². The second-order valence-corrected chi connectivity index (χ2v) is 4.76. The summed E-state index contributed by atoms with van der Waals surface area (Å²) in [4.78, 5) is 8.92. The summed E-state index contributed by atoms with van der Waals surface area (Å²) in [5.74, 6) is 0.824.